The molecule has 0 saturated carbocycles. The molecule has 1 rings (SSSR count). The molecule has 0 spiro atoms. The average Bonchev–Trinajstić information content (AvgIpc) is 2.86. The van der Waals surface area contributed by atoms with Gasteiger partial charge in [0.15, 0.2) is 6.10 Å². The molecule has 0 bridgehead atoms. The Morgan fingerprint density at radius 3 is 1.80 bits per heavy atom. The van der Waals surface area contributed by atoms with Crippen molar-refractivity contribution in [2.24, 2.45) is 17.6 Å². The van der Waals surface area contributed by atoms with Crippen LogP contribution in [0.15, 0.2) is 30.3 Å². The predicted octanol–water partition coefficient (Wildman–Crippen LogP) is 0.689. The van der Waals surface area contributed by atoms with Gasteiger partial charge in [-0.1, -0.05) is 58.0 Å². The first kappa shape index (κ1) is 35.3. The molecule has 0 aliphatic carbocycles. The largest absolute Gasteiger partial charge is 0.416 e. The summed E-state index contributed by atoms with van der Waals surface area (Å²) >= 11 is 0. The van der Waals surface area contributed by atoms with Gasteiger partial charge in [0.05, 0.1) is 6.04 Å². The number of carbonyl (C=O) groups is 5. The Hall–Kier alpha value is -3.68. The van der Waals surface area contributed by atoms with Gasteiger partial charge in [0, 0.05) is 19.8 Å². The third kappa shape index (κ3) is 12.2. The van der Waals surface area contributed by atoms with Crippen molar-refractivity contribution in [3.05, 3.63) is 35.9 Å². The van der Waals surface area contributed by atoms with Crippen LogP contribution in [0.2, 0.25) is 0 Å². The van der Waals surface area contributed by atoms with Gasteiger partial charge in [-0.2, -0.15) is 13.2 Å². The van der Waals surface area contributed by atoms with E-state index >= 15 is 0 Å². The Bertz CT molecular complexity index is 1050. The second-order valence-electron chi connectivity index (χ2n) is 10.5. The Kier molecular flexibility index (Phi) is 13.7. The van der Waals surface area contributed by atoms with Crippen LogP contribution in [-0.4, -0.2) is 71.1 Å². The third-order valence-corrected chi connectivity index (χ3v) is 6.22. The number of amides is 5. The molecular formula is C27H40F3N5O6. The summed E-state index contributed by atoms with van der Waals surface area (Å²) in [7, 11) is 0. The molecule has 41 heavy (non-hydrogen) atoms. The van der Waals surface area contributed by atoms with Crippen LogP contribution in [0.1, 0.15) is 53.0 Å². The summed E-state index contributed by atoms with van der Waals surface area (Å²) in [5, 5.41) is 19.5. The predicted molar refractivity (Wildman–Crippen MR) is 144 cm³/mol. The normalized spacial score (nSPS) is 15.3. The molecule has 1 aromatic rings. The Morgan fingerprint density at radius 1 is 0.829 bits per heavy atom. The number of nitrogens with two attached hydrogens (primary N) is 1. The summed E-state index contributed by atoms with van der Waals surface area (Å²) in [4.78, 5) is 62.3. The summed E-state index contributed by atoms with van der Waals surface area (Å²) in [6.07, 6.45) is -9.21. The third-order valence-electron chi connectivity index (χ3n) is 6.22. The summed E-state index contributed by atoms with van der Waals surface area (Å²) in [6, 6.07) is 3.18. The number of alkyl halides is 3. The van der Waals surface area contributed by atoms with Crippen LogP contribution in [0.4, 0.5) is 13.2 Å². The summed E-state index contributed by atoms with van der Waals surface area (Å²) < 4.78 is 39.7. The standard InChI is InChI=1S/C27H40F3N5O6/c1-14(2)21(32-16(5)36)25(40)34-19(13-17-9-7-6-8-10-17)24(39)35-22(15(3)4)26(41)33-18(11-12-20(31)37)23(38)27(28,29)30/h6-10,14-15,18-19,21-23,38H,11-13H2,1-5H3,(H2,31,37)(H,32,36)(H,33,41)(H,34,40)(H,35,39)/t18?,19-,21-,22-,23?/m0/s1. The molecule has 0 aliphatic rings. The van der Waals surface area contributed by atoms with E-state index in [0.29, 0.717) is 5.56 Å². The number of benzene rings is 1. The van der Waals surface area contributed by atoms with Crippen LogP contribution in [0.25, 0.3) is 0 Å². The molecule has 0 radical (unpaired) electrons. The van der Waals surface area contributed by atoms with Gasteiger partial charge in [0.25, 0.3) is 0 Å². The van der Waals surface area contributed by atoms with Gasteiger partial charge < -0.3 is 32.1 Å². The molecule has 1 aromatic carbocycles. The fraction of sp³-hybridized carbons (Fsp3) is 0.593. The van der Waals surface area contributed by atoms with Gasteiger partial charge in [-0.15, -0.1) is 0 Å². The first-order valence-electron chi connectivity index (χ1n) is 13.2. The lowest BCUT2D eigenvalue weighted by molar-refractivity contribution is -0.212. The molecule has 11 nitrogen and oxygen atoms in total. The van der Waals surface area contributed by atoms with Crippen molar-refractivity contribution in [2.75, 3.05) is 0 Å². The monoisotopic (exact) mass is 587 g/mol. The Morgan fingerprint density at radius 2 is 1.34 bits per heavy atom. The van der Waals surface area contributed by atoms with Crippen molar-refractivity contribution in [3.8, 4) is 0 Å². The van der Waals surface area contributed by atoms with E-state index in [1.165, 1.54) is 6.92 Å². The van der Waals surface area contributed by atoms with Crippen molar-refractivity contribution in [1.29, 1.82) is 0 Å². The number of hydrogen-bond donors (Lipinski definition) is 6. The van der Waals surface area contributed by atoms with Crippen LogP contribution in [0, 0.1) is 11.8 Å². The summed E-state index contributed by atoms with van der Waals surface area (Å²) in [5.41, 5.74) is 5.69. The lowest BCUT2D eigenvalue weighted by atomic mass is 9.98. The van der Waals surface area contributed by atoms with Crippen molar-refractivity contribution in [2.45, 2.75) is 90.3 Å². The van der Waals surface area contributed by atoms with Crippen molar-refractivity contribution < 1.29 is 42.3 Å². The zero-order chi connectivity index (χ0) is 31.5. The maximum atomic E-state index is 13.4. The maximum absolute atomic E-state index is 13.4. The van der Waals surface area contributed by atoms with E-state index in [1.807, 2.05) is 0 Å². The highest BCUT2D eigenvalue weighted by Crippen LogP contribution is 2.24. The second kappa shape index (κ2) is 15.9. The van der Waals surface area contributed by atoms with E-state index in [9.17, 15) is 42.3 Å². The van der Waals surface area contributed by atoms with Crippen LogP contribution in [0.3, 0.4) is 0 Å². The molecule has 0 aliphatic heterocycles. The van der Waals surface area contributed by atoms with Crippen LogP contribution >= 0.6 is 0 Å². The average molecular weight is 588 g/mol. The molecule has 230 valence electrons. The molecule has 7 N–H and O–H groups in total. The first-order valence-corrected chi connectivity index (χ1v) is 13.2. The maximum Gasteiger partial charge on any atom is 0.416 e. The van der Waals surface area contributed by atoms with E-state index in [0.717, 1.165) is 0 Å². The highest BCUT2D eigenvalue weighted by atomic mass is 19.4. The zero-order valence-corrected chi connectivity index (χ0v) is 23.7. The molecule has 0 heterocycles. The van der Waals surface area contributed by atoms with Gasteiger partial charge in [-0.3, -0.25) is 24.0 Å². The van der Waals surface area contributed by atoms with E-state index < -0.39 is 84.7 Å². The number of carbonyl (C=O) groups excluding carboxylic acids is 5. The molecule has 0 saturated heterocycles. The van der Waals surface area contributed by atoms with Gasteiger partial charge >= 0.3 is 6.18 Å². The quantitative estimate of drug-likeness (QED) is 0.176. The second-order valence-corrected chi connectivity index (χ2v) is 10.5. The van der Waals surface area contributed by atoms with Gasteiger partial charge in [0.2, 0.25) is 29.5 Å². The van der Waals surface area contributed by atoms with Crippen LogP contribution in [-0.2, 0) is 30.4 Å². The van der Waals surface area contributed by atoms with E-state index in [1.54, 1.807) is 58.0 Å². The summed E-state index contributed by atoms with van der Waals surface area (Å²) in [6.45, 7) is 7.74. The van der Waals surface area contributed by atoms with Crippen LogP contribution in [0.5, 0.6) is 0 Å². The number of aliphatic hydroxyl groups is 1. The van der Waals surface area contributed by atoms with Gasteiger partial charge in [-0.25, -0.2) is 0 Å². The minimum atomic E-state index is -5.10. The zero-order valence-electron chi connectivity index (χ0n) is 23.7. The van der Waals surface area contributed by atoms with Gasteiger partial charge in [0.1, 0.15) is 18.1 Å². The van der Waals surface area contributed by atoms with Crippen molar-refractivity contribution >= 4 is 29.5 Å². The minimum absolute atomic E-state index is 0.00373. The van der Waals surface area contributed by atoms with Crippen LogP contribution < -0.4 is 27.0 Å². The number of hydrogen-bond acceptors (Lipinski definition) is 6. The fourth-order valence-electron chi connectivity index (χ4n) is 3.97. The highest BCUT2D eigenvalue weighted by Gasteiger charge is 2.45. The molecule has 0 fully saturated rings. The van der Waals surface area contributed by atoms with E-state index in [-0.39, 0.29) is 12.3 Å². The lowest BCUT2D eigenvalue weighted by Gasteiger charge is -2.30. The molecule has 5 atom stereocenters. The van der Waals surface area contributed by atoms with Crippen molar-refractivity contribution in [1.82, 2.24) is 21.3 Å². The number of rotatable bonds is 15. The number of primary amides is 1. The topological polar surface area (TPSA) is 180 Å². The lowest BCUT2D eigenvalue weighted by Crippen LogP contribution is -2.60. The van der Waals surface area contributed by atoms with E-state index in [4.69, 9.17) is 5.73 Å². The Labute approximate surface area is 237 Å². The van der Waals surface area contributed by atoms with Gasteiger partial charge in [-0.05, 0) is 23.8 Å². The minimum Gasteiger partial charge on any atom is -0.382 e. The number of halogens is 3. The highest BCUT2D eigenvalue weighted by molar-refractivity contribution is 5.94. The molecule has 14 heteroatoms. The van der Waals surface area contributed by atoms with E-state index in [2.05, 4.69) is 21.3 Å². The first-order chi connectivity index (χ1) is 18.9. The molecular weight excluding hydrogens is 547 g/mol. The number of nitrogens with one attached hydrogen (secondary N) is 4. The van der Waals surface area contributed by atoms with Crippen molar-refractivity contribution in [3.63, 3.8) is 0 Å². The smallest absolute Gasteiger partial charge is 0.382 e. The molecule has 2 unspecified atom stereocenters. The fourth-order valence-corrected chi connectivity index (χ4v) is 3.97. The number of aliphatic hydroxyl groups excluding tert-OH is 1. The Balaban J connectivity index is 3.23. The summed E-state index contributed by atoms with van der Waals surface area (Å²) in [5.74, 6) is -4.81. The molecule has 5 amide bonds. The molecule has 0 aromatic heterocycles. The SMILES string of the molecule is CC(=O)N[C@H](C(=O)N[C@@H](Cc1ccccc1)C(=O)N[C@H](C(=O)NC(CCC(N)=O)C(O)C(F)(F)F)C(C)C)C(C)C.